The average molecular weight is 220 g/mol. The second-order valence-corrected chi connectivity index (χ2v) is 4.03. The third-order valence-corrected chi connectivity index (χ3v) is 2.72. The number of hydrogen-bond acceptors (Lipinski definition) is 2. The third kappa shape index (κ3) is 3.69. The molecule has 0 aromatic rings. The molecule has 0 amide bonds. The summed E-state index contributed by atoms with van der Waals surface area (Å²) in [7, 11) is 0. The number of nitrogens with zero attached hydrogens (tertiary/aromatic N) is 4. The van der Waals surface area contributed by atoms with E-state index in [9.17, 15) is 9.59 Å². The molecule has 0 heterocycles. The average Bonchev–Trinajstić information content (AvgIpc) is 2.15. The molecule has 0 aromatic heterocycles. The molecule has 16 heavy (non-hydrogen) atoms. The van der Waals surface area contributed by atoms with Gasteiger partial charge in [0.05, 0.1) is 0 Å². The van der Waals surface area contributed by atoms with Crippen LogP contribution in [0.5, 0.6) is 0 Å². The van der Waals surface area contributed by atoms with E-state index in [2.05, 4.69) is 9.58 Å². The summed E-state index contributed by atoms with van der Waals surface area (Å²) in [6.07, 6.45) is 4.16. The van der Waals surface area contributed by atoms with E-state index in [-0.39, 0.29) is 23.4 Å². The molecule has 0 saturated heterocycles. The maximum atomic E-state index is 11.0. The van der Waals surface area contributed by atoms with Gasteiger partial charge in [-0.2, -0.15) is 9.58 Å². The maximum absolute atomic E-state index is 11.0. The van der Waals surface area contributed by atoms with Crippen LogP contribution in [0.3, 0.4) is 0 Å². The molecule has 0 N–H and O–H groups in total. The largest absolute Gasteiger partial charge is 0.361 e. The topological polar surface area (TPSA) is 107 Å². The van der Waals surface area contributed by atoms with E-state index in [0.29, 0.717) is 12.8 Å². The van der Waals surface area contributed by atoms with Gasteiger partial charge >= 0.3 is 12.4 Å². The smallest absolute Gasteiger partial charge is 0.323 e. The second-order valence-electron chi connectivity index (χ2n) is 4.03. The minimum Gasteiger partial charge on any atom is -0.361 e. The molecular weight excluding hydrogens is 208 g/mol. The summed E-state index contributed by atoms with van der Waals surface area (Å²) in [6, 6.07) is 0. The van der Waals surface area contributed by atoms with E-state index in [1.807, 2.05) is 0 Å². The summed E-state index contributed by atoms with van der Waals surface area (Å²) >= 11 is 0. The summed E-state index contributed by atoms with van der Waals surface area (Å²) in [6.45, 7) is 0. The molecular formula is C10H12N4O2. The normalized spacial score (nSPS) is 22.2. The van der Waals surface area contributed by atoms with Crippen molar-refractivity contribution in [2.24, 2.45) is 11.8 Å². The molecule has 0 atom stereocenters. The Bertz CT molecular complexity index is 350. The Labute approximate surface area is 92.5 Å². The van der Waals surface area contributed by atoms with Crippen LogP contribution in [0.1, 0.15) is 25.7 Å². The first kappa shape index (κ1) is 12.2. The van der Waals surface area contributed by atoms with Gasteiger partial charge < -0.3 is 11.1 Å². The number of ketones is 2. The molecule has 0 radical (unpaired) electrons. The van der Waals surface area contributed by atoms with E-state index < -0.39 is 0 Å². The predicted molar refractivity (Wildman–Crippen MR) is 54.8 cm³/mol. The summed E-state index contributed by atoms with van der Waals surface area (Å²) in [5, 5.41) is 0. The lowest BCUT2D eigenvalue weighted by molar-refractivity contribution is -0.119. The van der Waals surface area contributed by atoms with Gasteiger partial charge in [-0.05, 0) is 24.7 Å². The maximum Gasteiger partial charge on any atom is 0.323 e. The van der Waals surface area contributed by atoms with Crippen molar-refractivity contribution in [1.29, 1.82) is 0 Å². The molecule has 0 aliphatic heterocycles. The van der Waals surface area contributed by atoms with Crippen molar-refractivity contribution in [2.75, 3.05) is 0 Å². The first-order valence-corrected chi connectivity index (χ1v) is 5.06. The Hall–Kier alpha value is -1.90. The lowest BCUT2D eigenvalue weighted by Crippen LogP contribution is -2.28. The molecule has 0 unspecified atom stereocenters. The van der Waals surface area contributed by atoms with E-state index >= 15 is 0 Å². The zero-order chi connectivity index (χ0) is 12.0. The molecule has 1 aliphatic carbocycles. The van der Waals surface area contributed by atoms with Gasteiger partial charge in [-0.1, -0.05) is 0 Å². The van der Waals surface area contributed by atoms with Gasteiger partial charge in [0.2, 0.25) is 11.6 Å². The van der Waals surface area contributed by atoms with E-state index in [0.717, 1.165) is 25.3 Å². The molecule has 6 nitrogen and oxygen atoms in total. The Morgan fingerprint density at radius 3 is 1.69 bits per heavy atom. The van der Waals surface area contributed by atoms with Crippen LogP contribution in [0.2, 0.25) is 0 Å². The van der Waals surface area contributed by atoms with Gasteiger partial charge in [-0.3, -0.25) is 9.59 Å². The van der Waals surface area contributed by atoms with Crippen LogP contribution in [0, 0.1) is 11.8 Å². The van der Waals surface area contributed by atoms with Crippen LogP contribution < -0.4 is 0 Å². The standard InChI is InChI=1S/C10H12N4O2/c11-13-5-9(15)3-7-1-8(2-7)4-10(16)6-14-12/h5-8H,1-4H2. The first-order valence-electron chi connectivity index (χ1n) is 5.06. The van der Waals surface area contributed by atoms with Crippen LogP contribution >= 0.6 is 0 Å². The molecule has 0 bridgehead atoms. The molecule has 84 valence electrons. The van der Waals surface area contributed by atoms with Crippen LogP contribution in [-0.4, -0.2) is 33.6 Å². The molecule has 1 saturated carbocycles. The summed E-state index contributed by atoms with van der Waals surface area (Å²) in [5.74, 6) is 0.145. The fourth-order valence-electron chi connectivity index (χ4n) is 2.01. The van der Waals surface area contributed by atoms with Crippen LogP contribution in [0.15, 0.2) is 0 Å². The third-order valence-electron chi connectivity index (χ3n) is 2.72. The summed E-state index contributed by atoms with van der Waals surface area (Å²) in [4.78, 5) is 27.4. The van der Waals surface area contributed by atoms with Gasteiger partial charge in [0.1, 0.15) is 0 Å². The van der Waals surface area contributed by atoms with Crippen molar-refractivity contribution < 1.29 is 19.2 Å². The summed E-state index contributed by atoms with van der Waals surface area (Å²) in [5.41, 5.74) is 16.3. The van der Waals surface area contributed by atoms with Crippen LogP contribution in [-0.2, 0) is 9.59 Å². The minimum absolute atomic E-state index is 0.200. The fourth-order valence-corrected chi connectivity index (χ4v) is 2.01. The van der Waals surface area contributed by atoms with Gasteiger partial charge in [0.25, 0.3) is 0 Å². The lowest BCUT2D eigenvalue weighted by atomic mass is 9.71. The Morgan fingerprint density at radius 1 is 1.00 bits per heavy atom. The molecule has 0 spiro atoms. The highest BCUT2D eigenvalue weighted by atomic mass is 16.1. The highest BCUT2D eigenvalue weighted by Crippen LogP contribution is 2.38. The van der Waals surface area contributed by atoms with Crippen molar-refractivity contribution in [3.8, 4) is 0 Å². The number of carbonyl (C=O) groups excluding carboxylic acids is 2. The van der Waals surface area contributed by atoms with Crippen molar-refractivity contribution in [3.63, 3.8) is 0 Å². The Kier molecular flexibility index (Phi) is 4.45. The highest BCUT2D eigenvalue weighted by Gasteiger charge is 2.32. The molecule has 1 rings (SSSR count). The van der Waals surface area contributed by atoms with E-state index in [1.54, 1.807) is 0 Å². The van der Waals surface area contributed by atoms with Crippen molar-refractivity contribution in [3.05, 3.63) is 11.1 Å². The van der Waals surface area contributed by atoms with E-state index in [1.165, 1.54) is 0 Å². The zero-order valence-electron chi connectivity index (χ0n) is 8.74. The predicted octanol–water partition coefficient (Wildman–Crippen LogP) is 0.532. The Morgan fingerprint density at radius 2 is 1.38 bits per heavy atom. The van der Waals surface area contributed by atoms with Gasteiger partial charge in [-0.25, -0.2) is 0 Å². The van der Waals surface area contributed by atoms with E-state index in [4.69, 9.17) is 11.1 Å². The molecule has 1 aliphatic rings. The van der Waals surface area contributed by atoms with Crippen molar-refractivity contribution in [2.45, 2.75) is 25.7 Å². The van der Waals surface area contributed by atoms with Crippen molar-refractivity contribution >= 4 is 24.0 Å². The number of Topliss-reactive ketones (excluding diaryl/α,β-unsaturated/α-hetero) is 2. The minimum atomic E-state index is -0.200. The van der Waals surface area contributed by atoms with Gasteiger partial charge in [-0.15, -0.1) is 0 Å². The van der Waals surface area contributed by atoms with Gasteiger partial charge in [0.15, 0.2) is 0 Å². The van der Waals surface area contributed by atoms with Crippen LogP contribution in [0.4, 0.5) is 0 Å². The highest BCUT2D eigenvalue weighted by molar-refractivity contribution is 6.25. The fraction of sp³-hybridized carbons (Fsp3) is 0.600. The van der Waals surface area contributed by atoms with Gasteiger partial charge in [0, 0.05) is 12.8 Å². The Balaban J connectivity index is 2.23. The SMILES string of the molecule is [N-]=[N+]=CC(=O)CC1CC(CC(=O)C=[N+]=[N-])C1. The molecule has 1 fully saturated rings. The first-order chi connectivity index (χ1) is 7.65. The van der Waals surface area contributed by atoms with Crippen LogP contribution in [0.25, 0.3) is 11.1 Å². The zero-order valence-corrected chi connectivity index (χ0v) is 8.74. The molecule has 0 aromatic carbocycles. The number of hydrogen-bond donors (Lipinski definition) is 0. The molecule has 6 heteroatoms. The van der Waals surface area contributed by atoms with Crippen molar-refractivity contribution in [1.82, 2.24) is 0 Å². The number of rotatable bonds is 6. The second kappa shape index (κ2) is 5.85. The number of carbonyl (C=O) groups is 2. The monoisotopic (exact) mass is 220 g/mol. The quantitative estimate of drug-likeness (QED) is 0.370. The lowest BCUT2D eigenvalue weighted by Gasteiger charge is -2.33. The summed E-state index contributed by atoms with van der Waals surface area (Å²) < 4.78 is 0.